The van der Waals surface area contributed by atoms with E-state index in [1.165, 1.54) is 18.9 Å². The van der Waals surface area contributed by atoms with Gasteiger partial charge < -0.3 is 15.1 Å². The number of carboxylic acid groups (broad SMARTS) is 2. The van der Waals surface area contributed by atoms with Gasteiger partial charge in [-0.2, -0.15) is 0 Å². The third kappa shape index (κ3) is 2.47. The van der Waals surface area contributed by atoms with Gasteiger partial charge in [-0.15, -0.1) is 0 Å². The van der Waals surface area contributed by atoms with Crippen LogP contribution in [0.2, 0.25) is 0 Å². The van der Waals surface area contributed by atoms with Gasteiger partial charge in [0.05, 0.1) is 17.8 Å². The Kier molecular flexibility index (Phi) is 3.69. The summed E-state index contributed by atoms with van der Waals surface area (Å²) in [5, 5.41) is 17.8. The monoisotopic (exact) mass is 257 g/mol. The Balaban J connectivity index is 2.67. The molecular formula is C12H19NO5. The van der Waals surface area contributed by atoms with Gasteiger partial charge in [0, 0.05) is 13.6 Å². The van der Waals surface area contributed by atoms with Crippen molar-refractivity contribution >= 4 is 17.8 Å². The maximum Gasteiger partial charge on any atom is 0.308 e. The molecule has 102 valence electrons. The van der Waals surface area contributed by atoms with Crippen LogP contribution in [0.15, 0.2) is 0 Å². The number of rotatable bonds is 5. The smallest absolute Gasteiger partial charge is 0.308 e. The molecule has 1 aliphatic rings. The number of carbonyl (C=O) groups is 3. The maximum atomic E-state index is 12.1. The molecule has 0 aliphatic heterocycles. The first kappa shape index (κ1) is 14.5. The van der Waals surface area contributed by atoms with Crippen molar-refractivity contribution in [1.29, 1.82) is 0 Å². The highest BCUT2D eigenvalue weighted by Gasteiger charge is 2.66. The summed E-state index contributed by atoms with van der Waals surface area (Å²) >= 11 is 0. The third-order valence-electron chi connectivity index (χ3n) is 3.70. The van der Waals surface area contributed by atoms with E-state index in [4.69, 9.17) is 10.2 Å². The average molecular weight is 257 g/mol. The van der Waals surface area contributed by atoms with E-state index in [9.17, 15) is 14.4 Å². The SMILES string of the molecule is CC(CN(C)C(=O)[C@@H]1[C@H](C(=O)O)C1(C)C)C(=O)O. The highest BCUT2D eigenvalue weighted by molar-refractivity contribution is 5.91. The largest absolute Gasteiger partial charge is 0.481 e. The van der Waals surface area contributed by atoms with Gasteiger partial charge in [0.2, 0.25) is 5.91 Å². The fourth-order valence-corrected chi connectivity index (χ4v) is 2.38. The van der Waals surface area contributed by atoms with E-state index in [-0.39, 0.29) is 12.5 Å². The van der Waals surface area contributed by atoms with Crippen LogP contribution in [0.5, 0.6) is 0 Å². The summed E-state index contributed by atoms with van der Waals surface area (Å²) in [5.74, 6) is -4.13. The zero-order chi connectivity index (χ0) is 14.2. The lowest BCUT2D eigenvalue weighted by molar-refractivity contribution is -0.144. The summed E-state index contributed by atoms with van der Waals surface area (Å²) in [7, 11) is 1.51. The van der Waals surface area contributed by atoms with Gasteiger partial charge >= 0.3 is 11.9 Å². The molecule has 0 saturated heterocycles. The number of carbonyl (C=O) groups excluding carboxylic acids is 1. The normalized spacial score (nSPS) is 26.2. The summed E-state index contributed by atoms with van der Waals surface area (Å²) < 4.78 is 0. The van der Waals surface area contributed by atoms with Crippen LogP contribution < -0.4 is 0 Å². The number of hydrogen-bond donors (Lipinski definition) is 2. The zero-order valence-electron chi connectivity index (χ0n) is 11.0. The molecule has 18 heavy (non-hydrogen) atoms. The van der Waals surface area contributed by atoms with Gasteiger partial charge in [-0.05, 0) is 5.41 Å². The van der Waals surface area contributed by atoms with Crippen molar-refractivity contribution in [2.75, 3.05) is 13.6 Å². The molecule has 1 saturated carbocycles. The fourth-order valence-electron chi connectivity index (χ4n) is 2.38. The summed E-state index contributed by atoms with van der Waals surface area (Å²) in [6, 6.07) is 0. The van der Waals surface area contributed by atoms with E-state index in [0.29, 0.717) is 0 Å². The molecule has 0 aromatic rings. The second-order valence-electron chi connectivity index (χ2n) is 5.57. The van der Waals surface area contributed by atoms with Crippen LogP contribution in [-0.2, 0) is 14.4 Å². The molecule has 2 N–H and O–H groups in total. The minimum absolute atomic E-state index is 0.0904. The van der Waals surface area contributed by atoms with Crippen molar-refractivity contribution < 1.29 is 24.6 Å². The van der Waals surface area contributed by atoms with E-state index in [1.54, 1.807) is 13.8 Å². The molecule has 6 nitrogen and oxygen atoms in total. The van der Waals surface area contributed by atoms with Gasteiger partial charge in [-0.25, -0.2) is 0 Å². The minimum Gasteiger partial charge on any atom is -0.481 e. The molecule has 0 heterocycles. The van der Waals surface area contributed by atoms with Crippen molar-refractivity contribution in [3.63, 3.8) is 0 Å². The van der Waals surface area contributed by atoms with Crippen molar-refractivity contribution in [2.45, 2.75) is 20.8 Å². The zero-order valence-corrected chi connectivity index (χ0v) is 11.0. The lowest BCUT2D eigenvalue weighted by Gasteiger charge is -2.20. The van der Waals surface area contributed by atoms with Crippen LogP contribution in [-0.4, -0.2) is 46.6 Å². The molecule has 1 rings (SSSR count). The maximum absolute atomic E-state index is 12.1. The molecule has 0 spiro atoms. The molecule has 1 amide bonds. The van der Waals surface area contributed by atoms with Crippen molar-refractivity contribution in [2.24, 2.45) is 23.2 Å². The van der Waals surface area contributed by atoms with E-state index in [0.717, 1.165) is 0 Å². The second kappa shape index (κ2) is 4.59. The predicted octanol–water partition coefficient (Wildman–Crippen LogP) is 0.522. The number of aliphatic carboxylic acids is 2. The lowest BCUT2D eigenvalue weighted by Crippen LogP contribution is -2.35. The van der Waals surface area contributed by atoms with Crippen LogP contribution in [0.25, 0.3) is 0 Å². The van der Waals surface area contributed by atoms with Gasteiger partial charge in [-0.1, -0.05) is 20.8 Å². The molecular weight excluding hydrogens is 238 g/mol. The number of hydrogen-bond acceptors (Lipinski definition) is 3. The van der Waals surface area contributed by atoms with Gasteiger partial charge in [0.1, 0.15) is 0 Å². The number of amides is 1. The Hall–Kier alpha value is -1.59. The van der Waals surface area contributed by atoms with E-state index >= 15 is 0 Å². The molecule has 1 fully saturated rings. The minimum atomic E-state index is -0.974. The Morgan fingerprint density at radius 3 is 2.06 bits per heavy atom. The van der Waals surface area contributed by atoms with Crippen molar-refractivity contribution in [1.82, 2.24) is 4.90 Å². The average Bonchev–Trinajstić information content (AvgIpc) is 2.80. The molecule has 6 heteroatoms. The van der Waals surface area contributed by atoms with E-state index in [2.05, 4.69) is 0 Å². The van der Waals surface area contributed by atoms with Gasteiger partial charge in [0.15, 0.2) is 0 Å². The Bertz CT molecular complexity index is 390. The molecule has 0 radical (unpaired) electrons. The fraction of sp³-hybridized carbons (Fsp3) is 0.750. The van der Waals surface area contributed by atoms with Crippen LogP contribution >= 0.6 is 0 Å². The first-order valence-corrected chi connectivity index (χ1v) is 5.81. The molecule has 1 unspecified atom stereocenters. The first-order valence-electron chi connectivity index (χ1n) is 5.81. The van der Waals surface area contributed by atoms with Crippen molar-refractivity contribution in [3.8, 4) is 0 Å². The van der Waals surface area contributed by atoms with Gasteiger partial charge in [0.25, 0.3) is 0 Å². The summed E-state index contributed by atoms with van der Waals surface area (Å²) in [6.45, 7) is 5.08. The van der Waals surface area contributed by atoms with Gasteiger partial charge in [-0.3, -0.25) is 14.4 Å². The summed E-state index contributed by atoms with van der Waals surface area (Å²) in [4.78, 5) is 35.1. The first-order chi connectivity index (χ1) is 8.10. The summed E-state index contributed by atoms with van der Waals surface area (Å²) in [5.41, 5.74) is -0.552. The standard InChI is InChI=1S/C12H19NO5/c1-6(10(15)16)5-13(4)9(14)7-8(11(17)18)12(7,2)3/h6-8H,5H2,1-4H3,(H,15,16)(H,17,18)/t6?,7-,8+/m0/s1. The van der Waals surface area contributed by atoms with E-state index in [1.807, 2.05) is 0 Å². The van der Waals surface area contributed by atoms with Crippen LogP contribution in [0, 0.1) is 23.2 Å². The highest BCUT2D eigenvalue weighted by Crippen LogP contribution is 2.58. The Morgan fingerprint density at radius 1 is 1.22 bits per heavy atom. The number of carboxylic acids is 2. The highest BCUT2D eigenvalue weighted by atomic mass is 16.4. The van der Waals surface area contributed by atoms with Crippen molar-refractivity contribution in [3.05, 3.63) is 0 Å². The van der Waals surface area contributed by atoms with Crippen LogP contribution in [0.3, 0.4) is 0 Å². The molecule has 0 aromatic carbocycles. The Morgan fingerprint density at radius 2 is 1.72 bits per heavy atom. The molecule has 1 aliphatic carbocycles. The third-order valence-corrected chi connectivity index (χ3v) is 3.70. The second-order valence-corrected chi connectivity index (χ2v) is 5.57. The molecule has 3 atom stereocenters. The Labute approximate surface area is 106 Å². The topological polar surface area (TPSA) is 94.9 Å². The summed E-state index contributed by atoms with van der Waals surface area (Å²) in [6.07, 6.45) is 0. The molecule has 0 bridgehead atoms. The van der Waals surface area contributed by atoms with E-state index < -0.39 is 35.1 Å². The van der Waals surface area contributed by atoms with Crippen LogP contribution in [0.4, 0.5) is 0 Å². The van der Waals surface area contributed by atoms with Crippen LogP contribution in [0.1, 0.15) is 20.8 Å². The lowest BCUT2D eigenvalue weighted by atomic mass is 10.1. The molecule has 0 aromatic heterocycles. The number of nitrogens with zero attached hydrogens (tertiary/aromatic N) is 1. The quantitative estimate of drug-likeness (QED) is 0.748. The predicted molar refractivity (Wildman–Crippen MR) is 62.8 cm³/mol.